The number of fused-ring (bicyclic) bond motifs is 1. The smallest absolute Gasteiger partial charge is 0.123 e. The molecule has 0 spiro atoms. The number of aryl methyl sites for hydroxylation is 1. The van der Waals surface area contributed by atoms with E-state index >= 15 is 0 Å². The summed E-state index contributed by atoms with van der Waals surface area (Å²) in [6.07, 6.45) is 9.52. The number of rotatable bonds is 8. The monoisotopic (exact) mass is 549 g/mol. The summed E-state index contributed by atoms with van der Waals surface area (Å²) >= 11 is 0. The highest BCUT2D eigenvalue weighted by Crippen LogP contribution is 2.39. The highest BCUT2D eigenvalue weighted by Gasteiger charge is 2.27. The summed E-state index contributed by atoms with van der Waals surface area (Å²) in [5.74, 6) is -0.302. The molecule has 0 radical (unpaired) electrons. The first kappa shape index (κ1) is 26.4. The number of nitriles is 1. The van der Waals surface area contributed by atoms with E-state index in [0.29, 0.717) is 18.2 Å². The van der Waals surface area contributed by atoms with E-state index in [9.17, 15) is 9.65 Å². The van der Waals surface area contributed by atoms with Crippen LogP contribution >= 0.6 is 0 Å². The van der Waals surface area contributed by atoms with Gasteiger partial charge in [-0.2, -0.15) is 10.4 Å². The van der Waals surface area contributed by atoms with Crippen LogP contribution in [0.3, 0.4) is 0 Å². The van der Waals surface area contributed by atoms with Crippen molar-refractivity contribution in [3.63, 3.8) is 0 Å². The minimum atomic E-state index is -0.389. The van der Waals surface area contributed by atoms with Crippen molar-refractivity contribution in [3.05, 3.63) is 83.8 Å². The molecular formula is C31H32FN9. The quantitative estimate of drug-likeness (QED) is 0.236. The molecule has 9 nitrogen and oxygen atoms in total. The number of benzene rings is 2. The van der Waals surface area contributed by atoms with Gasteiger partial charge in [0.05, 0.1) is 41.2 Å². The molecule has 5 aromatic rings. The molecule has 3 aromatic heterocycles. The zero-order chi connectivity index (χ0) is 28.7. The topological polar surface area (TPSA) is 109 Å². The van der Waals surface area contributed by atoms with Gasteiger partial charge in [0.15, 0.2) is 0 Å². The highest BCUT2D eigenvalue weighted by molar-refractivity contribution is 6.04. The van der Waals surface area contributed by atoms with Crippen molar-refractivity contribution < 1.29 is 4.39 Å². The molecule has 0 amide bonds. The first-order chi connectivity index (χ1) is 19.7. The average Bonchev–Trinajstić information content (AvgIpc) is 3.52. The van der Waals surface area contributed by atoms with E-state index < -0.39 is 0 Å². The Labute approximate surface area is 238 Å². The molecule has 1 aliphatic carbocycles. The van der Waals surface area contributed by atoms with Crippen LogP contribution in [0.4, 0.5) is 15.8 Å². The van der Waals surface area contributed by atoms with Crippen LogP contribution in [-0.2, 0) is 7.05 Å². The SMILES string of the molecule is Cn1cc(-c2cc(NC(c3ccc(F)cc3)c3cn(C4CC4)nn3)cc3c(NCC(C)(C)C)c(C#N)cnc23)cn1. The van der Waals surface area contributed by atoms with Crippen molar-refractivity contribution >= 4 is 22.3 Å². The average molecular weight is 550 g/mol. The Kier molecular flexibility index (Phi) is 6.66. The van der Waals surface area contributed by atoms with Crippen LogP contribution in [0.2, 0.25) is 0 Å². The van der Waals surface area contributed by atoms with Gasteiger partial charge in [-0.15, -0.1) is 5.10 Å². The maximum absolute atomic E-state index is 13.9. The van der Waals surface area contributed by atoms with E-state index in [1.807, 2.05) is 36.3 Å². The minimum Gasteiger partial charge on any atom is -0.383 e. The van der Waals surface area contributed by atoms with Crippen LogP contribution in [0, 0.1) is 22.6 Å². The molecule has 41 heavy (non-hydrogen) atoms. The molecule has 3 heterocycles. The Bertz CT molecular complexity index is 1750. The summed E-state index contributed by atoms with van der Waals surface area (Å²) in [5.41, 5.74) is 6.12. The molecule has 1 saturated carbocycles. The van der Waals surface area contributed by atoms with Gasteiger partial charge in [0.25, 0.3) is 0 Å². The van der Waals surface area contributed by atoms with E-state index in [1.165, 1.54) is 12.1 Å². The second-order valence-corrected chi connectivity index (χ2v) is 11.9. The zero-order valence-corrected chi connectivity index (χ0v) is 23.6. The van der Waals surface area contributed by atoms with Gasteiger partial charge in [-0.05, 0) is 48.1 Å². The molecular weight excluding hydrogens is 517 g/mol. The van der Waals surface area contributed by atoms with Gasteiger partial charge in [0, 0.05) is 48.2 Å². The maximum atomic E-state index is 13.9. The maximum Gasteiger partial charge on any atom is 0.123 e. The fraction of sp³-hybridized carbons (Fsp3) is 0.323. The van der Waals surface area contributed by atoms with Crippen LogP contribution < -0.4 is 10.6 Å². The molecule has 0 bridgehead atoms. The summed E-state index contributed by atoms with van der Waals surface area (Å²) in [4.78, 5) is 4.72. The molecule has 2 aromatic carbocycles. The fourth-order valence-electron chi connectivity index (χ4n) is 4.89. The third-order valence-corrected chi connectivity index (χ3v) is 7.16. The number of hydrogen-bond donors (Lipinski definition) is 2. The number of nitrogens with zero attached hydrogens (tertiary/aromatic N) is 7. The lowest BCUT2D eigenvalue weighted by Crippen LogP contribution is -2.20. The van der Waals surface area contributed by atoms with E-state index in [-0.39, 0.29) is 17.3 Å². The molecule has 6 rings (SSSR count). The summed E-state index contributed by atoms with van der Waals surface area (Å²) in [5, 5.41) is 31.2. The number of aromatic nitrogens is 6. The van der Waals surface area contributed by atoms with Crippen molar-refractivity contribution in [2.45, 2.75) is 45.7 Å². The highest BCUT2D eigenvalue weighted by atomic mass is 19.1. The molecule has 0 aliphatic heterocycles. The minimum absolute atomic E-state index is 0.00851. The molecule has 2 N–H and O–H groups in total. The van der Waals surface area contributed by atoms with Gasteiger partial charge in [0.1, 0.15) is 17.6 Å². The van der Waals surface area contributed by atoms with Gasteiger partial charge in [-0.25, -0.2) is 9.07 Å². The predicted octanol–water partition coefficient (Wildman–Crippen LogP) is 6.23. The first-order valence-electron chi connectivity index (χ1n) is 13.7. The van der Waals surface area contributed by atoms with E-state index in [4.69, 9.17) is 4.98 Å². The van der Waals surface area contributed by atoms with Crippen molar-refractivity contribution in [1.82, 2.24) is 29.8 Å². The third-order valence-electron chi connectivity index (χ3n) is 7.16. The zero-order valence-electron chi connectivity index (χ0n) is 23.6. The van der Waals surface area contributed by atoms with E-state index in [2.05, 4.69) is 52.9 Å². The molecule has 208 valence electrons. The lowest BCUT2D eigenvalue weighted by atomic mass is 9.95. The third kappa shape index (κ3) is 5.61. The molecule has 1 unspecified atom stereocenters. The van der Waals surface area contributed by atoms with E-state index in [1.54, 1.807) is 29.2 Å². The lowest BCUT2D eigenvalue weighted by Gasteiger charge is -2.23. The van der Waals surface area contributed by atoms with Crippen LogP contribution in [0.5, 0.6) is 0 Å². The summed E-state index contributed by atoms with van der Waals surface area (Å²) in [7, 11) is 1.87. The molecule has 10 heteroatoms. The summed E-state index contributed by atoms with van der Waals surface area (Å²) < 4.78 is 17.5. The second-order valence-electron chi connectivity index (χ2n) is 11.9. The van der Waals surface area contributed by atoms with Crippen LogP contribution in [0.1, 0.15) is 62.5 Å². The van der Waals surface area contributed by atoms with Crippen molar-refractivity contribution in [2.24, 2.45) is 12.5 Å². The van der Waals surface area contributed by atoms with Gasteiger partial charge in [0.2, 0.25) is 0 Å². The molecule has 1 atom stereocenters. The number of pyridine rings is 1. The van der Waals surface area contributed by atoms with Crippen molar-refractivity contribution in [2.75, 3.05) is 17.2 Å². The van der Waals surface area contributed by atoms with Crippen LogP contribution in [-0.4, -0.2) is 36.3 Å². The van der Waals surface area contributed by atoms with E-state index in [0.717, 1.165) is 57.5 Å². The standard InChI is InChI=1S/C31H32FN9/c1-31(2,3)18-35-28-20(13-33)14-34-30-25(21-15-36-40(4)16-21)11-23(12-26(28)30)37-29(19-5-7-22(32)8-6-19)27-17-41(39-38-27)24-9-10-24/h5-8,11-12,14-17,24,29,37H,9-10,18H2,1-4H3,(H,34,35). The second kappa shape index (κ2) is 10.3. The number of hydrogen-bond acceptors (Lipinski definition) is 7. The Morgan fingerprint density at radius 1 is 1.12 bits per heavy atom. The lowest BCUT2D eigenvalue weighted by molar-refractivity contribution is 0.443. The number of anilines is 2. The van der Waals surface area contributed by atoms with Crippen LogP contribution in [0.25, 0.3) is 22.0 Å². The summed E-state index contributed by atoms with van der Waals surface area (Å²) in [6, 6.07) is 12.8. The van der Waals surface area contributed by atoms with Gasteiger partial charge < -0.3 is 10.6 Å². The van der Waals surface area contributed by atoms with Gasteiger partial charge >= 0.3 is 0 Å². The van der Waals surface area contributed by atoms with Gasteiger partial charge in [-0.1, -0.05) is 38.1 Å². The Morgan fingerprint density at radius 3 is 2.56 bits per heavy atom. The molecule has 1 fully saturated rings. The number of halogens is 1. The molecule has 0 saturated heterocycles. The Hall–Kier alpha value is -4.78. The van der Waals surface area contributed by atoms with Gasteiger partial charge in [-0.3, -0.25) is 9.67 Å². The largest absolute Gasteiger partial charge is 0.383 e. The predicted molar refractivity (Wildman–Crippen MR) is 157 cm³/mol. The normalized spacial score (nSPS) is 14.1. The van der Waals surface area contributed by atoms with Crippen molar-refractivity contribution in [3.8, 4) is 17.2 Å². The Morgan fingerprint density at radius 2 is 1.90 bits per heavy atom. The fourth-order valence-corrected chi connectivity index (χ4v) is 4.89. The first-order valence-corrected chi connectivity index (χ1v) is 13.7. The van der Waals surface area contributed by atoms with Crippen LogP contribution in [0.15, 0.2) is 61.2 Å². The number of nitrogens with one attached hydrogen (secondary N) is 2. The Balaban J connectivity index is 1.51. The summed E-state index contributed by atoms with van der Waals surface area (Å²) in [6.45, 7) is 7.10. The molecule has 1 aliphatic rings. The van der Waals surface area contributed by atoms with Crippen molar-refractivity contribution in [1.29, 1.82) is 5.26 Å².